The Balaban J connectivity index is 1.43. The third kappa shape index (κ3) is 4.73. The van der Waals surface area contributed by atoms with Crippen molar-refractivity contribution in [2.75, 3.05) is 25.0 Å². The molecule has 1 saturated heterocycles. The van der Waals surface area contributed by atoms with E-state index in [9.17, 15) is 8.78 Å². The number of anilines is 1. The van der Waals surface area contributed by atoms with Crippen LogP contribution in [-0.4, -0.2) is 40.2 Å². The van der Waals surface area contributed by atoms with E-state index < -0.39 is 5.82 Å². The number of piperidine rings is 1. The molecule has 3 heterocycles. The summed E-state index contributed by atoms with van der Waals surface area (Å²) in [7, 11) is 1.76. The van der Waals surface area contributed by atoms with Crippen molar-refractivity contribution in [1.82, 2.24) is 25.4 Å². The number of benzene rings is 2. The second kappa shape index (κ2) is 10.0. The molecule has 0 radical (unpaired) electrons. The Morgan fingerprint density at radius 3 is 2.69 bits per heavy atom. The van der Waals surface area contributed by atoms with Crippen molar-refractivity contribution < 1.29 is 13.3 Å². The number of halogens is 2. The maximum atomic E-state index is 14.8. The van der Waals surface area contributed by atoms with E-state index in [0.717, 1.165) is 44.6 Å². The van der Waals surface area contributed by atoms with Crippen molar-refractivity contribution in [2.24, 2.45) is 0 Å². The van der Waals surface area contributed by atoms with Gasteiger partial charge in [-0.1, -0.05) is 24.2 Å². The van der Waals surface area contributed by atoms with Crippen LogP contribution >= 0.6 is 0 Å². The molecule has 2 aromatic heterocycles. The monoisotopic (exact) mass is 478 g/mol. The highest BCUT2D eigenvalue weighted by molar-refractivity contribution is 5.99. The first-order valence-electron chi connectivity index (χ1n) is 12.0. The van der Waals surface area contributed by atoms with Crippen LogP contribution in [-0.2, 0) is 13.0 Å². The maximum absolute atomic E-state index is 14.8. The molecule has 0 spiro atoms. The molecule has 7 nitrogen and oxygen atoms in total. The summed E-state index contributed by atoms with van der Waals surface area (Å²) in [5, 5.41) is 7.74. The second-order valence-corrected chi connectivity index (χ2v) is 8.94. The fourth-order valence-corrected chi connectivity index (χ4v) is 4.74. The molecule has 0 bridgehead atoms. The van der Waals surface area contributed by atoms with Crippen LogP contribution in [0.1, 0.15) is 49.4 Å². The first kappa shape index (κ1) is 23.3. The smallest absolute Gasteiger partial charge is 0.226 e. The number of rotatable bonds is 7. The van der Waals surface area contributed by atoms with Crippen molar-refractivity contribution in [2.45, 2.75) is 45.1 Å². The van der Waals surface area contributed by atoms with Gasteiger partial charge in [0.05, 0.1) is 5.52 Å². The van der Waals surface area contributed by atoms with E-state index >= 15 is 0 Å². The van der Waals surface area contributed by atoms with E-state index in [0.29, 0.717) is 45.8 Å². The third-order valence-corrected chi connectivity index (χ3v) is 6.52. The zero-order valence-electron chi connectivity index (χ0n) is 19.9. The van der Waals surface area contributed by atoms with Gasteiger partial charge in [0.25, 0.3) is 0 Å². The third-order valence-electron chi connectivity index (χ3n) is 6.52. The van der Waals surface area contributed by atoms with Gasteiger partial charge in [0, 0.05) is 48.5 Å². The van der Waals surface area contributed by atoms with Gasteiger partial charge < -0.3 is 14.7 Å². The molecule has 4 aromatic rings. The van der Waals surface area contributed by atoms with Crippen LogP contribution in [0.5, 0.6) is 0 Å². The first-order valence-corrected chi connectivity index (χ1v) is 12.0. The van der Waals surface area contributed by atoms with Gasteiger partial charge in [0.2, 0.25) is 5.89 Å². The molecule has 0 saturated carbocycles. The minimum absolute atomic E-state index is 0.222. The minimum atomic E-state index is -0.409. The Kier molecular flexibility index (Phi) is 6.68. The van der Waals surface area contributed by atoms with Crippen molar-refractivity contribution in [3.8, 4) is 11.1 Å². The van der Waals surface area contributed by atoms with E-state index in [4.69, 9.17) is 4.52 Å². The van der Waals surface area contributed by atoms with E-state index in [1.54, 1.807) is 19.2 Å². The molecule has 182 valence electrons. The highest BCUT2D eigenvalue weighted by atomic mass is 19.1. The van der Waals surface area contributed by atoms with E-state index in [2.05, 4.69) is 37.2 Å². The lowest BCUT2D eigenvalue weighted by molar-refractivity contribution is 0.363. The molecular formula is C26H28F2N6O. The highest BCUT2D eigenvalue weighted by Gasteiger charge is 2.27. The lowest BCUT2D eigenvalue weighted by Crippen LogP contribution is -2.34. The number of aryl methyl sites for hydroxylation is 1. The first-order chi connectivity index (χ1) is 17.1. The fraction of sp³-hybridized carbons (Fsp3) is 0.385. The van der Waals surface area contributed by atoms with E-state index in [1.165, 1.54) is 24.5 Å². The van der Waals surface area contributed by atoms with Gasteiger partial charge in [-0.25, -0.2) is 18.7 Å². The summed E-state index contributed by atoms with van der Waals surface area (Å²) < 4.78 is 34.8. The van der Waals surface area contributed by atoms with Crippen molar-refractivity contribution in [3.05, 3.63) is 65.6 Å². The lowest BCUT2D eigenvalue weighted by Gasteiger charge is -2.32. The van der Waals surface area contributed by atoms with Gasteiger partial charge in [0.15, 0.2) is 5.82 Å². The average Bonchev–Trinajstić information content (AvgIpc) is 3.33. The van der Waals surface area contributed by atoms with Crippen molar-refractivity contribution in [3.63, 3.8) is 0 Å². The standard InChI is InChI=1S/C26H28F2N6O/c1-3-4-23-32-25(33-35-23)16-7-9-34(10-8-16)26-21-13-19(27)12-20(24(21)30-15-31-26)17-5-6-18(14-29-2)22(28)11-17/h5-6,11-13,15-16,29H,3-4,7-10,14H2,1-2H3. The Bertz CT molecular complexity index is 1330. The molecule has 1 aliphatic heterocycles. The molecule has 0 unspecified atom stereocenters. The van der Waals surface area contributed by atoms with Crippen LogP contribution < -0.4 is 10.2 Å². The molecule has 1 fully saturated rings. The van der Waals surface area contributed by atoms with Crippen LogP contribution in [0, 0.1) is 11.6 Å². The van der Waals surface area contributed by atoms with Crippen LogP contribution in [0.15, 0.2) is 41.2 Å². The molecule has 0 atom stereocenters. The van der Waals surface area contributed by atoms with Crippen LogP contribution in [0.25, 0.3) is 22.0 Å². The summed E-state index contributed by atoms with van der Waals surface area (Å²) in [6.07, 6.45) is 4.93. The van der Waals surface area contributed by atoms with Gasteiger partial charge in [-0.3, -0.25) is 0 Å². The summed E-state index contributed by atoms with van der Waals surface area (Å²) in [4.78, 5) is 15.7. The molecule has 1 N–H and O–H groups in total. The van der Waals surface area contributed by atoms with Crippen molar-refractivity contribution in [1.29, 1.82) is 0 Å². The summed E-state index contributed by atoms with van der Waals surface area (Å²) >= 11 is 0. The Hall–Kier alpha value is -3.46. The number of hydrogen-bond acceptors (Lipinski definition) is 7. The second-order valence-electron chi connectivity index (χ2n) is 8.94. The highest BCUT2D eigenvalue weighted by Crippen LogP contribution is 2.35. The van der Waals surface area contributed by atoms with Gasteiger partial charge in [-0.2, -0.15) is 4.98 Å². The largest absolute Gasteiger partial charge is 0.356 e. The number of fused-ring (bicyclic) bond motifs is 1. The maximum Gasteiger partial charge on any atom is 0.226 e. The Labute approximate surface area is 202 Å². The van der Waals surface area contributed by atoms with Crippen LogP contribution in [0.2, 0.25) is 0 Å². The summed E-state index contributed by atoms with van der Waals surface area (Å²) in [5.41, 5.74) is 2.28. The predicted molar refractivity (Wildman–Crippen MR) is 130 cm³/mol. The zero-order valence-corrected chi connectivity index (χ0v) is 19.9. The number of aromatic nitrogens is 4. The molecule has 5 rings (SSSR count). The fourth-order valence-electron chi connectivity index (χ4n) is 4.74. The molecule has 9 heteroatoms. The minimum Gasteiger partial charge on any atom is -0.356 e. The molecular weight excluding hydrogens is 450 g/mol. The SMILES string of the molecule is CCCc1nc(C2CCN(c3ncnc4c(-c5ccc(CNC)c(F)c5)cc(F)cc34)CC2)no1. The molecule has 2 aromatic carbocycles. The van der Waals surface area contributed by atoms with Gasteiger partial charge >= 0.3 is 0 Å². The van der Waals surface area contributed by atoms with Gasteiger partial charge in [0.1, 0.15) is 23.8 Å². The van der Waals surface area contributed by atoms with Crippen molar-refractivity contribution >= 4 is 16.7 Å². The predicted octanol–water partition coefficient (Wildman–Crippen LogP) is 5.01. The van der Waals surface area contributed by atoms with E-state index in [1.807, 2.05) is 0 Å². The summed E-state index contributed by atoms with van der Waals surface area (Å²) in [5.74, 6) is 1.60. The summed E-state index contributed by atoms with van der Waals surface area (Å²) in [6, 6.07) is 7.82. The average molecular weight is 479 g/mol. The normalized spacial score (nSPS) is 14.7. The van der Waals surface area contributed by atoms with Crippen LogP contribution in [0.4, 0.5) is 14.6 Å². The number of nitrogens with one attached hydrogen (secondary N) is 1. The Morgan fingerprint density at radius 1 is 1.11 bits per heavy atom. The quantitative estimate of drug-likeness (QED) is 0.400. The number of hydrogen-bond donors (Lipinski definition) is 1. The van der Waals surface area contributed by atoms with Crippen LogP contribution in [0.3, 0.4) is 0 Å². The lowest BCUT2D eigenvalue weighted by atomic mass is 9.95. The molecule has 0 amide bonds. The molecule has 35 heavy (non-hydrogen) atoms. The summed E-state index contributed by atoms with van der Waals surface area (Å²) in [6.45, 7) is 3.96. The number of nitrogens with zero attached hydrogens (tertiary/aromatic N) is 5. The topological polar surface area (TPSA) is 80.0 Å². The van der Waals surface area contributed by atoms with E-state index in [-0.39, 0.29) is 11.7 Å². The van der Waals surface area contributed by atoms with Gasteiger partial charge in [-0.15, -0.1) is 0 Å². The molecule has 0 aliphatic carbocycles. The van der Waals surface area contributed by atoms with Gasteiger partial charge in [-0.05, 0) is 50.1 Å². The Morgan fingerprint density at radius 2 is 1.94 bits per heavy atom. The zero-order chi connectivity index (χ0) is 24.4. The molecule has 1 aliphatic rings.